The molecule has 180 valence electrons. The fourth-order valence-electron chi connectivity index (χ4n) is 3.38. The van der Waals surface area contributed by atoms with Crippen LogP contribution in [0.3, 0.4) is 0 Å². The Hall–Kier alpha value is -3.60. The van der Waals surface area contributed by atoms with E-state index < -0.39 is 30.1 Å². The van der Waals surface area contributed by atoms with Crippen LogP contribution < -0.4 is 11.2 Å². The summed E-state index contributed by atoms with van der Waals surface area (Å²) in [6.07, 6.45) is -2.61. The maximum absolute atomic E-state index is 14.8. The van der Waals surface area contributed by atoms with E-state index in [1.165, 1.54) is 24.6 Å². The van der Waals surface area contributed by atoms with Crippen LogP contribution in [0, 0.1) is 18.6 Å². The van der Waals surface area contributed by atoms with Crippen molar-refractivity contribution in [2.45, 2.75) is 26.4 Å². The first-order valence-corrected chi connectivity index (χ1v) is 10.2. The number of aryl methyl sites for hydroxylation is 1. The summed E-state index contributed by atoms with van der Waals surface area (Å²) in [5.74, 6) is -1.95. The number of rotatable bonds is 5. The van der Waals surface area contributed by atoms with Gasteiger partial charge in [0.05, 0.1) is 23.6 Å². The minimum absolute atomic E-state index is 0.00538. The zero-order valence-corrected chi connectivity index (χ0v) is 18.6. The molecular formula is C23H22F5N5O. The molecule has 3 aromatic rings. The van der Waals surface area contributed by atoms with Crippen molar-refractivity contribution in [3.8, 4) is 22.4 Å². The third kappa shape index (κ3) is 5.14. The first kappa shape index (κ1) is 25.0. The van der Waals surface area contributed by atoms with Crippen LogP contribution in [0.15, 0.2) is 47.1 Å². The first-order chi connectivity index (χ1) is 16.0. The number of nitrogens with two attached hydrogens (primary N) is 1. The number of aromatic nitrogens is 3. The second kappa shape index (κ2) is 9.72. The molecule has 3 N–H and O–H groups in total. The van der Waals surface area contributed by atoms with Gasteiger partial charge in [-0.3, -0.25) is 4.57 Å². The number of hydrogen-bond donors (Lipinski definition) is 2. The van der Waals surface area contributed by atoms with Crippen LogP contribution in [0.5, 0.6) is 0 Å². The van der Waals surface area contributed by atoms with Crippen LogP contribution in [0.25, 0.3) is 22.4 Å². The van der Waals surface area contributed by atoms with Gasteiger partial charge in [0.1, 0.15) is 22.8 Å². The fraction of sp³-hybridized carbons (Fsp3) is 0.261. The van der Waals surface area contributed by atoms with Gasteiger partial charge in [-0.15, -0.1) is 0 Å². The van der Waals surface area contributed by atoms with E-state index >= 15 is 0 Å². The average Bonchev–Trinajstić information content (AvgIpc) is 2.75. The highest BCUT2D eigenvalue weighted by Crippen LogP contribution is 2.35. The summed E-state index contributed by atoms with van der Waals surface area (Å²) in [4.78, 5) is 12.2. The Morgan fingerprint density at radius 3 is 2.47 bits per heavy atom. The van der Waals surface area contributed by atoms with Gasteiger partial charge in [-0.1, -0.05) is 13.0 Å². The van der Waals surface area contributed by atoms with Crippen LogP contribution in [0.2, 0.25) is 0 Å². The van der Waals surface area contributed by atoms with Crippen molar-refractivity contribution >= 4 is 5.95 Å². The minimum Gasteiger partial charge on any atom is -0.390 e. The van der Waals surface area contributed by atoms with E-state index in [4.69, 9.17) is 5.73 Å². The molecule has 0 spiro atoms. The lowest BCUT2D eigenvalue weighted by molar-refractivity contribution is -0.141. The number of aliphatic hydroxyl groups excluding tert-OH is 1. The number of allylic oxidation sites excluding steroid dienone is 1. The predicted molar refractivity (Wildman–Crippen MR) is 117 cm³/mol. The van der Waals surface area contributed by atoms with Crippen molar-refractivity contribution in [3.63, 3.8) is 0 Å². The summed E-state index contributed by atoms with van der Waals surface area (Å²) in [5.41, 5.74) is 4.84. The van der Waals surface area contributed by atoms with Crippen molar-refractivity contribution in [1.82, 2.24) is 14.5 Å². The standard InChI is InChI=1S/C23H22F5N5O/c1-4-5-15(11-34)31-21-19(13-8-12(2)30-18(9-13)23(26,27)28)20(32-22(29)33(21)3)16-7-6-14(24)10-17(16)25/h5-10,34H,4,11H2,1-3H3,(H2,29,32)/b15-5+,31-21-. The number of hydrogen-bond acceptors (Lipinski definition) is 5. The van der Waals surface area contributed by atoms with E-state index in [2.05, 4.69) is 15.0 Å². The van der Waals surface area contributed by atoms with E-state index in [0.717, 1.165) is 18.2 Å². The summed E-state index contributed by atoms with van der Waals surface area (Å²) in [7, 11) is 1.48. The smallest absolute Gasteiger partial charge is 0.390 e. The van der Waals surface area contributed by atoms with E-state index in [9.17, 15) is 27.1 Å². The Morgan fingerprint density at radius 2 is 1.88 bits per heavy atom. The lowest BCUT2D eigenvalue weighted by atomic mass is 9.98. The number of halogens is 5. The Labute approximate surface area is 192 Å². The number of aliphatic hydroxyl groups is 1. The van der Waals surface area contributed by atoms with Crippen LogP contribution in [-0.4, -0.2) is 26.2 Å². The zero-order valence-electron chi connectivity index (χ0n) is 18.6. The Kier molecular flexibility index (Phi) is 7.15. The van der Waals surface area contributed by atoms with E-state index in [-0.39, 0.29) is 45.2 Å². The number of anilines is 1. The Morgan fingerprint density at radius 1 is 1.18 bits per heavy atom. The summed E-state index contributed by atoms with van der Waals surface area (Å²) >= 11 is 0. The van der Waals surface area contributed by atoms with Gasteiger partial charge in [-0.2, -0.15) is 13.2 Å². The number of pyridine rings is 1. The molecule has 0 amide bonds. The topological polar surface area (TPSA) is 89.3 Å². The van der Waals surface area contributed by atoms with Gasteiger partial charge in [0.25, 0.3) is 0 Å². The maximum Gasteiger partial charge on any atom is 0.433 e. The highest BCUT2D eigenvalue weighted by molar-refractivity contribution is 5.81. The molecular weight excluding hydrogens is 457 g/mol. The van der Waals surface area contributed by atoms with Gasteiger partial charge >= 0.3 is 6.18 Å². The van der Waals surface area contributed by atoms with Crippen molar-refractivity contribution in [1.29, 1.82) is 0 Å². The average molecular weight is 479 g/mol. The van der Waals surface area contributed by atoms with Gasteiger partial charge in [0, 0.05) is 24.4 Å². The van der Waals surface area contributed by atoms with Crippen LogP contribution in [-0.2, 0) is 13.2 Å². The van der Waals surface area contributed by atoms with Gasteiger partial charge in [-0.05, 0) is 43.2 Å². The summed E-state index contributed by atoms with van der Waals surface area (Å²) in [6, 6.07) is 4.92. The number of benzene rings is 1. The van der Waals surface area contributed by atoms with Crippen LogP contribution in [0.4, 0.5) is 27.9 Å². The lowest BCUT2D eigenvalue weighted by Crippen LogP contribution is -2.26. The monoisotopic (exact) mass is 479 g/mol. The highest BCUT2D eigenvalue weighted by atomic mass is 19.4. The van der Waals surface area contributed by atoms with Gasteiger partial charge < -0.3 is 10.8 Å². The molecule has 2 heterocycles. The molecule has 0 aliphatic rings. The molecule has 0 aliphatic carbocycles. The molecule has 6 nitrogen and oxygen atoms in total. The summed E-state index contributed by atoms with van der Waals surface area (Å²) in [5, 5.41) is 9.72. The zero-order chi connectivity index (χ0) is 25.2. The van der Waals surface area contributed by atoms with E-state index in [0.29, 0.717) is 12.5 Å². The molecule has 0 radical (unpaired) electrons. The van der Waals surface area contributed by atoms with Gasteiger partial charge in [-0.25, -0.2) is 23.7 Å². The summed E-state index contributed by atoms with van der Waals surface area (Å²) < 4.78 is 70.3. The van der Waals surface area contributed by atoms with Crippen molar-refractivity contribution in [2.75, 3.05) is 12.3 Å². The number of nitrogen functional groups attached to an aromatic ring is 1. The predicted octanol–water partition coefficient (Wildman–Crippen LogP) is 4.52. The molecule has 0 saturated heterocycles. The maximum atomic E-state index is 14.8. The molecule has 0 atom stereocenters. The van der Waals surface area contributed by atoms with E-state index in [1.807, 2.05) is 6.92 Å². The first-order valence-electron chi connectivity index (χ1n) is 10.2. The van der Waals surface area contributed by atoms with Gasteiger partial charge in [0.15, 0.2) is 0 Å². The van der Waals surface area contributed by atoms with Crippen LogP contribution in [0.1, 0.15) is 24.7 Å². The second-order valence-electron chi connectivity index (χ2n) is 7.45. The second-order valence-corrected chi connectivity index (χ2v) is 7.45. The molecule has 0 saturated carbocycles. The Bertz CT molecular complexity index is 1330. The SMILES string of the molecule is CC/C=C(CO)/N=c1/c(-c2cc(C)nc(C(F)(F)F)c2)c(-c2ccc(F)cc2F)nc(N)n1C. The van der Waals surface area contributed by atoms with E-state index in [1.54, 1.807) is 6.08 Å². The molecule has 0 fully saturated rings. The molecule has 2 aromatic heterocycles. The Balaban J connectivity index is 2.55. The van der Waals surface area contributed by atoms with Crippen molar-refractivity contribution in [3.05, 3.63) is 70.6 Å². The highest BCUT2D eigenvalue weighted by Gasteiger charge is 2.33. The fourth-order valence-corrected chi connectivity index (χ4v) is 3.38. The van der Waals surface area contributed by atoms with Crippen molar-refractivity contribution in [2.24, 2.45) is 12.0 Å². The normalized spacial score (nSPS) is 13.0. The van der Waals surface area contributed by atoms with Gasteiger partial charge in [0.2, 0.25) is 5.95 Å². The molecule has 0 bridgehead atoms. The third-order valence-electron chi connectivity index (χ3n) is 4.92. The third-order valence-corrected chi connectivity index (χ3v) is 4.92. The largest absolute Gasteiger partial charge is 0.433 e. The minimum atomic E-state index is -4.75. The molecule has 0 unspecified atom stereocenters. The molecule has 0 aliphatic heterocycles. The molecule has 1 aromatic carbocycles. The molecule has 11 heteroatoms. The lowest BCUT2D eigenvalue weighted by Gasteiger charge is -2.17. The molecule has 3 rings (SSSR count). The van der Waals surface area contributed by atoms with Crippen LogP contribution >= 0.6 is 0 Å². The summed E-state index contributed by atoms with van der Waals surface area (Å²) in [6.45, 7) is 2.74. The number of nitrogens with zero attached hydrogens (tertiary/aromatic N) is 4. The quantitative estimate of drug-likeness (QED) is 0.527. The number of alkyl halides is 3. The molecule has 34 heavy (non-hydrogen) atoms. The van der Waals surface area contributed by atoms with Crippen molar-refractivity contribution < 1.29 is 27.1 Å².